The molecule has 0 fully saturated rings. The smallest absolute Gasteiger partial charge is 0.326 e. The largest absolute Gasteiger partial charge is 0.481 e. The molecule has 0 heterocycles. The molecule has 1 unspecified atom stereocenters. The number of carbonyl (C=O) groups excluding carboxylic acids is 2. The van der Waals surface area contributed by atoms with Gasteiger partial charge in [0.2, 0.25) is 11.8 Å². The molecular formula is C31H58N2O9. The highest BCUT2D eigenvalue weighted by Crippen LogP contribution is 2.14. The fourth-order valence-electron chi connectivity index (χ4n) is 4.42. The van der Waals surface area contributed by atoms with Gasteiger partial charge in [0.25, 0.3) is 0 Å². The van der Waals surface area contributed by atoms with E-state index < -0.39 is 18.0 Å². The van der Waals surface area contributed by atoms with Crippen LogP contribution in [-0.2, 0) is 33.4 Å². The Balaban J connectivity index is 3.64. The zero-order valence-corrected chi connectivity index (χ0v) is 26.0. The lowest BCUT2D eigenvalue weighted by Crippen LogP contribution is -2.41. The third-order valence-corrected chi connectivity index (χ3v) is 6.85. The van der Waals surface area contributed by atoms with E-state index in [0.29, 0.717) is 52.6 Å². The van der Waals surface area contributed by atoms with Crippen LogP contribution < -0.4 is 10.6 Å². The Hall–Kier alpha value is -2.24. The number of carbonyl (C=O) groups is 4. The third-order valence-electron chi connectivity index (χ3n) is 6.85. The molecule has 0 spiro atoms. The number of nitrogens with one attached hydrogen (secondary N) is 2. The van der Waals surface area contributed by atoms with Crippen molar-refractivity contribution in [2.24, 2.45) is 0 Å². The van der Waals surface area contributed by atoms with Crippen LogP contribution in [-0.4, -0.2) is 86.2 Å². The molecule has 0 radical (unpaired) electrons. The fourth-order valence-corrected chi connectivity index (χ4v) is 4.42. The quantitative estimate of drug-likeness (QED) is 0.0789. The Kier molecular flexibility index (Phi) is 28.6. The van der Waals surface area contributed by atoms with Crippen molar-refractivity contribution >= 4 is 23.8 Å². The van der Waals surface area contributed by atoms with Crippen LogP contribution in [0.1, 0.15) is 122 Å². The van der Waals surface area contributed by atoms with Crippen molar-refractivity contribution in [1.29, 1.82) is 0 Å². The molecule has 11 nitrogen and oxygen atoms in total. The molecule has 0 aromatic carbocycles. The van der Waals surface area contributed by atoms with Crippen molar-refractivity contribution in [3.05, 3.63) is 0 Å². The second-order valence-corrected chi connectivity index (χ2v) is 10.6. The van der Waals surface area contributed by atoms with Crippen molar-refractivity contribution in [2.45, 2.75) is 129 Å². The first-order chi connectivity index (χ1) is 20.4. The van der Waals surface area contributed by atoms with Crippen LogP contribution in [0.4, 0.5) is 0 Å². The van der Waals surface area contributed by atoms with Crippen LogP contribution in [0.5, 0.6) is 0 Å². The molecule has 0 aliphatic rings. The number of hydrogen-bond donors (Lipinski definition) is 4. The Morgan fingerprint density at radius 1 is 0.571 bits per heavy atom. The number of hydrogen-bond acceptors (Lipinski definition) is 7. The molecule has 4 N–H and O–H groups in total. The van der Waals surface area contributed by atoms with Crippen molar-refractivity contribution in [1.82, 2.24) is 10.6 Å². The van der Waals surface area contributed by atoms with Crippen LogP contribution >= 0.6 is 0 Å². The van der Waals surface area contributed by atoms with Crippen LogP contribution in [0.25, 0.3) is 0 Å². The number of amides is 2. The maximum absolute atomic E-state index is 12.2. The Morgan fingerprint density at radius 3 is 1.50 bits per heavy atom. The number of carboxylic acid groups (broad SMARTS) is 2. The summed E-state index contributed by atoms with van der Waals surface area (Å²) in [5.74, 6) is -2.41. The minimum atomic E-state index is -1.14. The van der Waals surface area contributed by atoms with E-state index in [9.17, 15) is 24.3 Å². The summed E-state index contributed by atoms with van der Waals surface area (Å²) in [7, 11) is 0. The van der Waals surface area contributed by atoms with Gasteiger partial charge in [0.15, 0.2) is 0 Å². The van der Waals surface area contributed by atoms with Crippen LogP contribution in [0.3, 0.4) is 0 Å². The molecule has 2 amide bonds. The van der Waals surface area contributed by atoms with Gasteiger partial charge in [0.05, 0.1) is 33.0 Å². The van der Waals surface area contributed by atoms with E-state index in [1.165, 1.54) is 44.9 Å². The van der Waals surface area contributed by atoms with Gasteiger partial charge < -0.3 is 35.1 Å². The average Bonchev–Trinajstić information content (AvgIpc) is 2.95. The number of rotatable bonds is 32. The first-order valence-corrected chi connectivity index (χ1v) is 16.1. The van der Waals surface area contributed by atoms with E-state index in [1.54, 1.807) is 0 Å². The van der Waals surface area contributed by atoms with Crippen molar-refractivity contribution in [3.8, 4) is 0 Å². The molecule has 0 aliphatic heterocycles. The maximum atomic E-state index is 12.2. The summed E-state index contributed by atoms with van der Waals surface area (Å²) in [5.41, 5.74) is 0. The summed E-state index contributed by atoms with van der Waals surface area (Å²) < 4.78 is 15.9. The van der Waals surface area contributed by atoms with Crippen LogP contribution in [0.2, 0.25) is 0 Å². The van der Waals surface area contributed by atoms with Crippen molar-refractivity contribution in [2.75, 3.05) is 46.2 Å². The van der Waals surface area contributed by atoms with Gasteiger partial charge in [-0.2, -0.15) is 0 Å². The van der Waals surface area contributed by atoms with Gasteiger partial charge in [0.1, 0.15) is 6.04 Å². The number of aliphatic carboxylic acids is 2. The molecule has 0 saturated carbocycles. The highest BCUT2D eigenvalue weighted by atomic mass is 16.5. The Morgan fingerprint density at radius 2 is 1.02 bits per heavy atom. The Bertz CT molecular complexity index is 691. The molecule has 0 saturated heterocycles. The molecule has 1 atom stereocenters. The summed E-state index contributed by atoms with van der Waals surface area (Å²) in [6.07, 6.45) is 16.0. The molecule has 42 heavy (non-hydrogen) atoms. The highest BCUT2D eigenvalue weighted by molar-refractivity contribution is 5.84. The first-order valence-electron chi connectivity index (χ1n) is 16.1. The minimum Gasteiger partial charge on any atom is -0.481 e. The summed E-state index contributed by atoms with van der Waals surface area (Å²) in [6, 6.07) is -1.08. The normalized spacial score (nSPS) is 11.7. The molecule has 0 aliphatic carbocycles. The number of carboxylic acids is 2. The van der Waals surface area contributed by atoms with Gasteiger partial charge in [-0.15, -0.1) is 0 Å². The van der Waals surface area contributed by atoms with E-state index in [4.69, 9.17) is 19.3 Å². The summed E-state index contributed by atoms with van der Waals surface area (Å²) in [6.45, 7) is 5.16. The van der Waals surface area contributed by atoms with E-state index in [-0.39, 0.29) is 31.1 Å². The van der Waals surface area contributed by atoms with E-state index >= 15 is 0 Å². The van der Waals surface area contributed by atoms with Gasteiger partial charge in [-0.1, -0.05) is 77.0 Å². The van der Waals surface area contributed by atoms with E-state index in [0.717, 1.165) is 44.9 Å². The highest BCUT2D eigenvalue weighted by Gasteiger charge is 2.20. The minimum absolute atomic E-state index is 0.00633. The van der Waals surface area contributed by atoms with Gasteiger partial charge in [-0.05, 0) is 26.2 Å². The molecule has 0 bridgehead atoms. The van der Waals surface area contributed by atoms with Gasteiger partial charge >= 0.3 is 11.9 Å². The van der Waals surface area contributed by atoms with Gasteiger partial charge in [-0.25, -0.2) is 4.79 Å². The average molecular weight is 603 g/mol. The number of ether oxygens (including phenoxy) is 3. The summed E-state index contributed by atoms with van der Waals surface area (Å²) in [4.78, 5) is 46.2. The second-order valence-electron chi connectivity index (χ2n) is 10.6. The standard InChI is InChI=1S/C31H58N2O9/c1-2-40-23-24-42-26-25-41-22-21-32-28(34)20-19-27(31(38)39)33-29(35)17-15-13-11-9-7-5-3-4-6-8-10-12-14-16-18-30(36)37/h27H,2-26H2,1H3,(H,32,34)(H,33,35)(H,36,37)(H,38,39). The molecule has 0 aromatic heterocycles. The van der Waals surface area contributed by atoms with E-state index in [2.05, 4.69) is 10.6 Å². The number of unbranched alkanes of at least 4 members (excludes halogenated alkanes) is 13. The summed E-state index contributed by atoms with van der Waals surface area (Å²) in [5, 5.41) is 23.3. The molecule has 0 aromatic rings. The third kappa shape index (κ3) is 29.3. The zero-order chi connectivity index (χ0) is 31.1. The molecule has 0 rings (SSSR count). The maximum Gasteiger partial charge on any atom is 0.326 e. The van der Waals surface area contributed by atoms with Gasteiger partial charge in [0, 0.05) is 32.4 Å². The second kappa shape index (κ2) is 30.2. The fraction of sp³-hybridized carbons (Fsp3) is 0.871. The summed E-state index contributed by atoms with van der Waals surface area (Å²) >= 11 is 0. The Labute approximate surface area is 252 Å². The van der Waals surface area contributed by atoms with E-state index in [1.807, 2.05) is 6.92 Å². The monoisotopic (exact) mass is 602 g/mol. The van der Waals surface area contributed by atoms with Crippen LogP contribution in [0, 0.1) is 0 Å². The topological polar surface area (TPSA) is 160 Å². The molecular weight excluding hydrogens is 544 g/mol. The predicted molar refractivity (Wildman–Crippen MR) is 161 cm³/mol. The predicted octanol–water partition coefficient (Wildman–Crippen LogP) is 4.85. The lowest BCUT2D eigenvalue weighted by Gasteiger charge is -2.14. The lowest BCUT2D eigenvalue weighted by atomic mass is 10.0. The van der Waals surface area contributed by atoms with Crippen molar-refractivity contribution in [3.63, 3.8) is 0 Å². The van der Waals surface area contributed by atoms with Gasteiger partial charge in [-0.3, -0.25) is 14.4 Å². The SMILES string of the molecule is CCOCCOCCOCCNC(=O)CCC(NC(=O)CCCCCCCCCCCCCCCCC(=O)O)C(=O)O. The zero-order valence-electron chi connectivity index (χ0n) is 26.0. The first kappa shape index (κ1) is 39.8. The molecule has 11 heteroatoms. The lowest BCUT2D eigenvalue weighted by molar-refractivity contribution is -0.142. The van der Waals surface area contributed by atoms with Crippen molar-refractivity contribution < 1.29 is 43.6 Å². The van der Waals surface area contributed by atoms with Crippen LogP contribution in [0.15, 0.2) is 0 Å². The molecule has 246 valence electrons.